The van der Waals surface area contributed by atoms with E-state index in [4.69, 9.17) is 0 Å². The molecule has 2 rings (SSSR count). The molecule has 1 fully saturated rings. The minimum Gasteiger partial charge on any atom is -0.384 e. The Hall–Kier alpha value is -2.11. The second-order valence-electron chi connectivity index (χ2n) is 5.33. The van der Waals surface area contributed by atoms with Gasteiger partial charge in [0.1, 0.15) is 6.04 Å². The van der Waals surface area contributed by atoms with Gasteiger partial charge in [-0.15, -0.1) is 0 Å². The van der Waals surface area contributed by atoms with Gasteiger partial charge in [0, 0.05) is 25.0 Å². The van der Waals surface area contributed by atoms with Crippen molar-refractivity contribution < 1.29 is 9.59 Å². The van der Waals surface area contributed by atoms with Crippen LogP contribution < -0.4 is 16.0 Å². The molecule has 21 heavy (non-hydrogen) atoms. The van der Waals surface area contributed by atoms with Crippen molar-refractivity contribution in [3.63, 3.8) is 0 Å². The molecular formula is C15H22N4O2. The van der Waals surface area contributed by atoms with Crippen LogP contribution in [-0.4, -0.2) is 35.4 Å². The lowest BCUT2D eigenvalue weighted by Crippen LogP contribution is -2.45. The van der Waals surface area contributed by atoms with E-state index in [1.54, 1.807) is 19.2 Å². The molecule has 0 bridgehead atoms. The van der Waals surface area contributed by atoms with E-state index in [0.29, 0.717) is 5.56 Å². The standard InChI is InChI=1S/C15H22N4O2/c1-3-7-17-13-6-8-16-9-12(13)15(21)18-10(2)14(20)19-11-4-5-11/h6,8-11H,3-5,7H2,1-2H3,(H,16,17)(H,18,21)(H,19,20). The summed E-state index contributed by atoms with van der Waals surface area (Å²) in [5.41, 5.74) is 1.19. The molecule has 1 unspecified atom stereocenters. The van der Waals surface area contributed by atoms with Crippen LogP contribution in [0.4, 0.5) is 5.69 Å². The predicted octanol–water partition coefficient (Wildman–Crippen LogP) is 1.30. The molecule has 1 aromatic rings. The first kappa shape index (κ1) is 15.3. The van der Waals surface area contributed by atoms with Crippen LogP contribution >= 0.6 is 0 Å². The minimum absolute atomic E-state index is 0.141. The van der Waals surface area contributed by atoms with Gasteiger partial charge >= 0.3 is 0 Å². The second kappa shape index (κ2) is 7.06. The highest BCUT2D eigenvalue weighted by atomic mass is 16.2. The Morgan fingerprint density at radius 1 is 1.43 bits per heavy atom. The number of rotatable bonds is 7. The lowest BCUT2D eigenvalue weighted by atomic mass is 10.2. The number of amides is 2. The molecule has 1 aliphatic carbocycles. The summed E-state index contributed by atoms with van der Waals surface area (Å²) in [7, 11) is 0. The van der Waals surface area contributed by atoms with Crippen LogP contribution in [0.2, 0.25) is 0 Å². The number of nitrogens with one attached hydrogen (secondary N) is 3. The SMILES string of the molecule is CCCNc1ccncc1C(=O)NC(C)C(=O)NC1CC1. The van der Waals surface area contributed by atoms with Gasteiger partial charge in [-0.3, -0.25) is 14.6 Å². The molecule has 1 aromatic heterocycles. The molecule has 6 heteroatoms. The molecule has 114 valence electrons. The summed E-state index contributed by atoms with van der Waals surface area (Å²) < 4.78 is 0. The highest BCUT2D eigenvalue weighted by Crippen LogP contribution is 2.18. The van der Waals surface area contributed by atoms with E-state index in [9.17, 15) is 9.59 Å². The zero-order valence-corrected chi connectivity index (χ0v) is 12.5. The van der Waals surface area contributed by atoms with E-state index in [1.165, 1.54) is 6.20 Å². The third kappa shape index (κ3) is 4.44. The van der Waals surface area contributed by atoms with E-state index in [0.717, 1.165) is 31.5 Å². The van der Waals surface area contributed by atoms with Crippen molar-refractivity contribution in [3.05, 3.63) is 24.0 Å². The Labute approximate surface area is 124 Å². The van der Waals surface area contributed by atoms with E-state index < -0.39 is 6.04 Å². The number of pyridine rings is 1. The fourth-order valence-electron chi connectivity index (χ4n) is 1.88. The van der Waals surface area contributed by atoms with Gasteiger partial charge in [0.2, 0.25) is 5.91 Å². The highest BCUT2D eigenvalue weighted by molar-refractivity contribution is 6.01. The van der Waals surface area contributed by atoms with Gasteiger partial charge in [-0.1, -0.05) is 6.92 Å². The van der Waals surface area contributed by atoms with Crippen LogP contribution in [0.3, 0.4) is 0 Å². The number of nitrogens with zero attached hydrogens (tertiary/aromatic N) is 1. The number of hydrogen-bond acceptors (Lipinski definition) is 4. The van der Waals surface area contributed by atoms with E-state index in [1.807, 2.05) is 0 Å². The summed E-state index contributed by atoms with van der Waals surface area (Å²) >= 11 is 0. The third-order valence-corrected chi connectivity index (χ3v) is 3.30. The smallest absolute Gasteiger partial charge is 0.255 e. The number of aromatic nitrogens is 1. The first-order chi connectivity index (χ1) is 10.1. The maximum absolute atomic E-state index is 12.3. The summed E-state index contributed by atoms with van der Waals surface area (Å²) in [6.45, 7) is 4.52. The maximum Gasteiger partial charge on any atom is 0.255 e. The average molecular weight is 290 g/mol. The zero-order valence-electron chi connectivity index (χ0n) is 12.5. The fraction of sp³-hybridized carbons (Fsp3) is 0.533. The second-order valence-corrected chi connectivity index (χ2v) is 5.33. The molecule has 1 atom stereocenters. The monoisotopic (exact) mass is 290 g/mol. The number of carbonyl (C=O) groups is 2. The molecule has 1 aliphatic rings. The Kier molecular flexibility index (Phi) is 5.14. The Bertz CT molecular complexity index is 514. The molecule has 0 aromatic carbocycles. The van der Waals surface area contributed by atoms with Gasteiger partial charge in [0.25, 0.3) is 5.91 Å². The summed E-state index contributed by atoms with van der Waals surface area (Å²) in [5, 5.41) is 8.78. The first-order valence-electron chi connectivity index (χ1n) is 7.41. The van der Waals surface area contributed by atoms with Crippen LogP contribution in [0.15, 0.2) is 18.5 Å². The zero-order chi connectivity index (χ0) is 15.2. The van der Waals surface area contributed by atoms with Crippen molar-refractivity contribution in [2.75, 3.05) is 11.9 Å². The molecule has 1 saturated carbocycles. The lowest BCUT2D eigenvalue weighted by molar-refractivity contribution is -0.122. The molecule has 6 nitrogen and oxygen atoms in total. The van der Waals surface area contributed by atoms with E-state index >= 15 is 0 Å². The third-order valence-electron chi connectivity index (χ3n) is 3.30. The molecule has 0 saturated heterocycles. The van der Waals surface area contributed by atoms with Crippen LogP contribution in [0.1, 0.15) is 43.5 Å². The number of hydrogen-bond donors (Lipinski definition) is 3. The predicted molar refractivity (Wildman–Crippen MR) is 81.1 cm³/mol. The van der Waals surface area contributed by atoms with Crippen molar-refractivity contribution in [1.82, 2.24) is 15.6 Å². The number of carbonyl (C=O) groups excluding carboxylic acids is 2. The summed E-state index contributed by atoms with van der Waals surface area (Å²) in [6, 6.07) is 1.49. The van der Waals surface area contributed by atoms with Crippen molar-refractivity contribution >= 4 is 17.5 Å². The van der Waals surface area contributed by atoms with Gasteiger partial charge in [-0.25, -0.2) is 0 Å². The minimum atomic E-state index is -0.558. The highest BCUT2D eigenvalue weighted by Gasteiger charge is 2.26. The Balaban J connectivity index is 1.96. The number of anilines is 1. The fourth-order valence-corrected chi connectivity index (χ4v) is 1.88. The van der Waals surface area contributed by atoms with Gasteiger partial charge in [-0.2, -0.15) is 0 Å². The largest absolute Gasteiger partial charge is 0.384 e. The molecule has 0 spiro atoms. The summed E-state index contributed by atoms with van der Waals surface area (Å²) in [4.78, 5) is 28.1. The van der Waals surface area contributed by atoms with Gasteiger partial charge < -0.3 is 16.0 Å². The Morgan fingerprint density at radius 3 is 2.86 bits per heavy atom. The van der Waals surface area contributed by atoms with Gasteiger partial charge in [0.05, 0.1) is 11.3 Å². The normalized spacial score (nSPS) is 15.1. The van der Waals surface area contributed by atoms with E-state index in [2.05, 4.69) is 27.9 Å². The molecule has 3 N–H and O–H groups in total. The summed E-state index contributed by atoms with van der Waals surface area (Å²) in [5.74, 6) is -0.432. The molecule has 0 aliphatic heterocycles. The lowest BCUT2D eigenvalue weighted by Gasteiger charge is -2.15. The first-order valence-corrected chi connectivity index (χ1v) is 7.41. The molecular weight excluding hydrogens is 268 g/mol. The average Bonchev–Trinajstić information content (AvgIpc) is 3.29. The Morgan fingerprint density at radius 2 is 2.19 bits per heavy atom. The van der Waals surface area contributed by atoms with Crippen molar-refractivity contribution in [2.45, 2.75) is 45.2 Å². The topological polar surface area (TPSA) is 83.1 Å². The maximum atomic E-state index is 12.3. The van der Waals surface area contributed by atoms with Crippen molar-refractivity contribution in [3.8, 4) is 0 Å². The molecule has 2 amide bonds. The quantitative estimate of drug-likeness (QED) is 0.707. The van der Waals surface area contributed by atoms with E-state index in [-0.39, 0.29) is 17.9 Å². The molecule has 0 radical (unpaired) electrons. The van der Waals surface area contributed by atoms with Crippen LogP contribution in [0.5, 0.6) is 0 Å². The van der Waals surface area contributed by atoms with Gasteiger partial charge in [0.15, 0.2) is 0 Å². The van der Waals surface area contributed by atoms with Crippen LogP contribution in [-0.2, 0) is 4.79 Å². The van der Waals surface area contributed by atoms with Crippen LogP contribution in [0, 0.1) is 0 Å². The summed E-state index contributed by atoms with van der Waals surface area (Å²) in [6.07, 6.45) is 6.17. The van der Waals surface area contributed by atoms with Crippen molar-refractivity contribution in [2.24, 2.45) is 0 Å². The van der Waals surface area contributed by atoms with Gasteiger partial charge in [-0.05, 0) is 32.3 Å². The molecule has 1 heterocycles. The van der Waals surface area contributed by atoms with Crippen LogP contribution in [0.25, 0.3) is 0 Å². The van der Waals surface area contributed by atoms with Crippen molar-refractivity contribution in [1.29, 1.82) is 0 Å².